The minimum atomic E-state index is -0.215. The Labute approximate surface area is 85.2 Å². The molecule has 0 aliphatic heterocycles. The van der Waals surface area contributed by atoms with Crippen LogP contribution in [0.4, 0.5) is 0 Å². The van der Waals surface area contributed by atoms with Gasteiger partial charge in [-0.3, -0.25) is 4.79 Å². The average Bonchev–Trinajstić information content (AvgIpc) is 1.97. The predicted molar refractivity (Wildman–Crippen MR) is 55.1 cm³/mol. The molecule has 0 atom stereocenters. The molecule has 78 valence electrons. The highest BCUT2D eigenvalue weighted by atomic mass is 32.1. The first-order chi connectivity index (χ1) is 5.95. The monoisotopic (exact) mass is 206 g/mol. The minimum Gasteiger partial charge on any atom is -0.463 e. The van der Waals surface area contributed by atoms with Gasteiger partial charge < -0.3 is 9.47 Å². The standard InChI is InChI=1S/C9H18O3S/c1-9(2,3)12-6-5-11-8(10)4-7-13/h13H,4-7H2,1-3H3. The summed E-state index contributed by atoms with van der Waals surface area (Å²) in [7, 11) is 0. The summed E-state index contributed by atoms with van der Waals surface area (Å²) in [4.78, 5) is 10.8. The molecule has 0 bridgehead atoms. The molecule has 0 heterocycles. The van der Waals surface area contributed by atoms with E-state index in [4.69, 9.17) is 9.47 Å². The number of esters is 1. The molecule has 0 radical (unpaired) electrons. The van der Waals surface area contributed by atoms with Crippen LogP contribution in [0.25, 0.3) is 0 Å². The number of thiol groups is 1. The average molecular weight is 206 g/mol. The maximum Gasteiger partial charge on any atom is 0.306 e. The van der Waals surface area contributed by atoms with E-state index < -0.39 is 0 Å². The first-order valence-corrected chi connectivity index (χ1v) is 4.99. The maximum absolute atomic E-state index is 10.8. The van der Waals surface area contributed by atoms with Crippen LogP contribution >= 0.6 is 12.6 Å². The Morgan fingerprint density at radius 3 is 2.38 bits per heavy atom. The molecule has 0 unspecified atom stereocenters. The topological polar surface area (TPSA) is 35.5 Å². The molecule has 0 aromatic carbocycles. The van der Waals surface area contributed by atoms with E-state index in [9.17, 15) is 4.79 Å². The van der Waals surface area contributed by atoms with Crippen LogP contribution in [0.5, 0.6) is 0 Å². The number of carbonyl (C=O) groups is 1. The number of hydrogen-bond donors (Lipinski definition) is 1. The lowest BCUT2D eigenvalue weighted by molar-refractivity contribution is -0.146. The van der Waals surface area contributed by atoms with E-state index >= 15 is 0 Å². The van der Waals surface area contributed by atoms with E-state index in [-0.39, 0.29) is 11.6 Å². The van der Waals surface area contributed by atoms with Crippen LogP contribution in [0.2, 0.25) is 0 Å². The summed E-state index contributed by atoms with van der Waals surface area (Å²) in [5.41, 5.74) is -0.171. The summed E-state index contributed by atoms with van der Waals surface area (Å²) in [6.45, 7) is 6.65. The Kier molecular flexibility index (Phi) is 6.16. The molecule has 4 heteroatoms. The third kappa shape index (κ3) is 9.70. The summed E-state index contributed by atoms with van der Waals surface area (Å²) < 4.78 is 10.2. The molecule has 0 N–H and O–H groups in total. The lowest BCUT2D eigenvalue weighted by Crippen LogP contribution is -2.22. The van der Waals surface area contributed by atoms with Crippen molar-refractivity contribution in [3.8, 4) is 0 Å². The van der Waals surface area contributed by atoms with E-state index in [1.807, 2.05) is 20.8 Å². The van der Waals surface area contributed by atoms with Crippen molar-refractivity contribution in [3.63, 3.8) is 0 Å². The molecule has 0 saturated heterocycles. The van der Waals surface area contributed by atoms with Crippen molar-refractivity contribution in [2.75, 3.05) is 19.0 Å². The highest BCUT2D eigenvalue weighted by Gasteiger charge is 2.09. The highest BCUT2D eigenvalue weighted by Crippen LogP contribution is 2.05. The van der Waals surface area contributed by atoms with Gasteiger partial charge >= 0.3 is 5.97 Å². The van der Waals surface area contributed by atoms with E-state index in [1.165, 1.54) is 0 Å². The number of rotatable bonds is 5. The van der Waals surface area contributed by atoms with Gasteiger partial charge in [0.15, 0.2) is 0 Å². The Morgan fingerprint density at radius 1 is 1.31 bits per heavy atom. The lowest BCUT2D eigenvalue weighted by Gasteiger charge is -2.19. The number of hydrogen-bond acceptors (Lipinski definition) is 4. The first kappa shape index (κ1) is 12.8. The molecule has 0 saturated carbocycles. The zero-order valence-corrected chi connectivity index (χ0v) is 9.39. The Balaban J connectivity index is 3.31. The van der Waals surface area contributed by atoms with Gasteiger partial charge in [0.25, 0.3) is 0 Å². The summed E-state index contributed by atoms with van der Waals surface area (Å²) >= 11 is 3.92. The molecule has 0 aromatic rings. The molecular formula is C9H18O3S. The van der Waals surface area contributed by atoms with E-state index in [0.29, 0.717) is 25.4 Å². The van der Waals surface area contributed by atoms with Gasteiger partial charge in [0.1, 0.15) is 6.61 Å². The zero-order chi connectivity index (χ0) is 10.3. The van der Waals surface area contributed by atoms with Crippen LogP contribution in [-0.4, -0.2) is 30.5 Å². The van der Waals surface area contributed by atoms with E-state index in [1.54, 1.807) is 0 Å². The summed E-state index contributed by atoms with van der Waals surface area (Å²) in [6.07, 6.45) is 0.360. The predicted octanol–water partition coefficient (Wildman–Crippen LogP) is 1.66. The Morgan fingerprint density at radius 2 is 1.92 bits per heavy atom. The van der Waals surface area contributed by atoms with Gasteiger partial charge in [-0.2, -0.15) is 12.6 Å². The Bertz CT molecular complexity index is 151. The molecule has 0 aliphatic carbocycles. The Hall–Kier alpha value is -0.220. The molecule has 0 fully saturated rings. The van der Waals surface area contributed by atoms with Gasteiger partial charge in [-0.05, 0) is 20.8 Å². The largest absolute Gasteiger partial charge is 0.463 e. The molecular weight excluding hydrogens is 188 g/mol. The minimum absolute atomic E-state index is 0.171. The SMILES string of the molecule is CC(C)(C)OCCOC(=O)CCS. The zero-order valence-electron chi connectivity index (χ0n) is 8.50. The quantitative estimate of drug-likeness (QED) is 0.422. The fourth-order valence-corrected chi connectivity index (χ4v) is 0.849. The molecule has 0 amide bonds. The number of carbonyl (C=O) groups excluding carboxylic acids is 1. The normalized spacial score (nSPS) is 11.4. The van der Waals surface area contributed by atoms with Crippen LogP contribution in [0.15, 0.2) is 0 Å². The van der Waals surface area contributed by atoms with Crippen LogP contribution in [-0.2, 0) is 14.3 Å². The van der Waals surface area contributed by atoms with Gasteiger partial charge in [0.05, 0.1) is 18.6 Å². The molecule has 3 nitrogen and oxygen atoms in total. The third-order valence-corrected chi connectivity index (χ3v) is 1.42. The summed E-state index contributed by atoms with van der Waals surface area (Å²) in [5, 5.41) is 0. The van der Waals surface area contributed by atoms with Gasteiger partial charge in [0, 0.05) is 5.75 Å². The lowest BCUT2D eigenvalue weighted by atomic mass is 10.2. The number of ether oxygens (including phenoxy) is 2. The third-order valence-electron chi connectivity index (χ3n) is 1.20. The van der Waals surface area contributed by atoms with E-state index in [0.717, 1.165) is 0 Å². The first-order valence-electron chi connectivity index (χ1n) is 4.36. The second-order valence-corrected chi connectivity index (χ2v) is 4.10. The van der Waals surface area contributed by atoms with Crippen molar-refractivity contribution in [1.29, 1.82) is 0 Å². The molecule has 0 aromatic heterocycles. The van der Waals surface area contributed by atoms with Crippen LogP contribution in [0.1, 0.15) is 27.2 Å². The van der Waals surface area contributed by atoms with Crippen LogP contribution < -0.4 is 0 Å². The summed E-state index contributed by atoms with van der Waals surface area (Å²) in [5.74, 6) is 0.311. The van der Waals surface area contributed by atoms with Gasteiger partial charge in [0.2, 0.25) is 0 Å². The van der Waals surface area contributed by atoms with Crippen LogP contribution in [0, 0.1) is 0 Å². The van der Waals surface area contributed by atoms with E-state index in [2.05, 4.69) is 12.6 Å². The molecule has 0 rings (SSSR count). The van der Waals surface area contributed by atoms with Crippen molar-refractivity contribution in [2.45, 2.75) is 32.8 Å². The second kappa shape index (κ2) is 6.27. The highest BCUT2D eigenvalue weighted by molar-refractivity contribution is 7.80. The fourth-order valence-electron chi connectivity index (χ4n) is 0.667. The van der Waals surface area contributed by atoms with Crippen molar-refractivity contribution < 1.29 is 14.3 Å². The molecule has 0 spiro atoms. The van der Waals surface area contributed by atoms with Crippen molar-refractivity contribution in [1.82, 2.24) is 0 Å². The van der Waals surface area contributed by atoms with Gasteiger partial charge in [-0.15, -0.1) is 0 Å². The molecule has 0 aliphatic rings. The van der Waals surface area contributed by atoms with Gasteiger partial charge in [-0.25, -0.2) is 0 Å². The van der Waals surface area contributed by atoms with Crippen molar-refractivity contribution in [3.05, 3.63) is 0 Å². The fraction of sp³-hybridized carbons (Fsp3) is 0.889. The smallest absolute Gasteiger partial charge is 0.306 e. The maximum atomic E-state index is 10.8. The van der Waals surface area contributed by atoms with Crippen molar-refractivity contribution >= 4 is 18.6 Å². The van der Waals surface area contributed by atoms with Gasteiger partial charge in [-0.1, -0.05) is 0 Å². The second-order valence-electron chi connectivity index (χ2n) is 3.65. The van der Waals surface area contributed by atoms with Crippen molar-refractivity contribution in [2.24, 2.45) is 0 Å². The summed E-state index contributed by atoms with van der Waals surface area (Å²) in [6, 6.07) is 0. The molecule has 13 heavy (non-hydrogen) atoms. The van der Waals surface area contributed by atoms with Crippen LogP contribution in [0.3, 0.4) is 0 Å².